The highest BCUT2D eigenvalue weighted by Gasteiger charge is 2.34. The predicted molar refractivity (Wildman–Crippen MR) is 67.8 cm³/mol. The molecule has 0 aliphatic carbocycles. The topological polar surface area (TPSA) is 41.6 Å². The molecule has 0 bridgehead atoms. The minimum Gasteiger partial charge on any atom is -0.270 e. The average Bonchev–Trinajstić information content (AvgIpc) is 2.86. The number of hydrogen-bond acceptors (Lipinski definition) is 2. The van der Waals surface area contributed by atoms with Crippen molar-refractivity contribution in [2.75, 3.05) is 0 Å². The number of hydrogen-bond donors (Lipinski definition) is 0. The van der Waals surface area contributed by atoms with Crippen molar-refractivity contribution in [3.8, 4) is 17.2 Å². The average molecular weight is 279 g/mol. The molecule has 0 N–H and O–H groups in total. The Balaban J connectivity index is 2.58. The number of aromatic nitrogens is 2. The predicted octanol–water partition coefficient (Wildman–Crippen LogP) is 4.02. The molecule has 0 radical (unpaired) electrons. The van der Waals surface area contributed by atoms with Gasteiger partial charge in [-0.3, -0.25) is 4.68 Å². The van der Waals surface area contributed by atoms with Crippen molar-refractivity contribution in [2.24, 2.45) is 0 Å². The van der Waals surface area contributed by atoms with E-state index in [0.717, 1.165) is 6.07 Å². The summed E-state index contributed by atoms with van der Waals surface area (Å²) >= 11 is 0. The summed E-state index contributed by atoms with van der Waals surface area (Å²) in [6.07, 6.45) is -1.54. The van der Waals surface area contributed by atoms with Crippen LogP contribution in [0, 0.1) is 11.3 Å². The lowest BCUT2D eigenvalue weighted by Crippen LogP contribution is -2.07. The standard InChI is InChI=1S/C14H12F3N3/c1-9(2)20-8-11(7-19-20)12-4-3-10(6-18)5-13(12)14(15,16)17/h3-5,7-9H,1-2H3. The quantitative estimate of drug-likeness (QED) is 0.833. The maximum atomic E-state index is 13.1. The van der Waals surface area contributed by atoms with Gasteiger partial charge in [-0.05, 0) is 31.5 Å². The van der Waals surface area contributed by atoms with Gasteiger partial charge in [0.05, 0.1) is 23.4 Å². The van der Waals surface area contributed by atoms with Gasteiger partial charge in [0.1, 0.15) is 0 Å². The maximum absolute atomic E-state index is 13.1. The normalized spacial score (nSPS) is 11.7. The molecule has 1 heterocycles. The van der Waals surface area contributed by atoms with E-state index >= 15 is 0 Å². The molecule has 0 saturated carbocycles. The molecular formula is C14H12F3N3. The number of benzene rings is 1. The van der Waals surface area contributed by atoms with Crippen molar-refractivity contribution in [2.45, 2.75) is 26.1 Å². The monoisotopic (exact) mass is 279 g/mol. The van der Waals surface area contributed by atoms with Crippen molar-refractivity contribution in [3.63, 3.8) is 0 Å². The van der Waals surface area contributed by atoms with E-state index in [2.05, 4.69) is 5.10 Å². The van der Waals surface area contributed by atoms with Crippen LogP contribution in [-0.2, 0) is 6.18 Å². The Kier molecular flexibility index (Phi) is 3.53. The van der Waals surface area contributed by atoms with Gasteiger partial charge in [0.15, 0.2) is 0 Å². The van der Waals surface area contributed by atoms with E-state index in [4.69, 9.17) is 5.26 Å². The number of rotatable bonds is 2. The molecule has 2 aromatic rings. The molecular weight excluding hydrogens is 267 g/mol. The molecule has 0 aliphatic heterocycles. The van der Waals surface area contributed by atoms with Gasteiger partial charge in [-0.15, -0.1) is 0 Å². The minimum absolute atomic E-state index is 0.0164. The first-order chi connectivity index (χ1) is 9.32. The van der Waals surface area contributed by atoms with Crippen molar-refractivity contribution in [1.82, 2.24) is 9.78 Å². The van der Waals surface area contributed by atoms with Gasteiger partial charge in [0, 0.05) is 17.8 Å². The van der Waals surface area contributed by atoms with Crippen molar-refractivity contribution >= 4 is 0 Å². The number of nitriles is 1. The van der Waals surface area contributed by atoms with E-state index in [0.29, 0.717) is 5.56 Å². The Morgan fingerprint density at radius 2 is 2.00 bits per heavy atom. The summed E-state index contributed by atoms with van der Waals surface area (Å²) in [4.78, 5) is 0. The van der Waals surface area contributed by atoms with E-state index < -0.39 is 11.7 Å². The van der Waals surface area contributed by atoms with Crippen molar-refractivity contribution in [3.05, 3.63) is 41.7 Å². The molecule has 0 atom stereocenters. The number of alkyl halides is 3. The van der Waals surface area contributed by atoms with Crippen molar-refractivity contribution in [1.29, 1.82) is 5.26 Å². The fraction of sp³-hybridized carbons (Fsp3) is 0.286. The van der Waals surface area contributed by atoms with Crippen LogP contribution in [0.1, 0.15) is 31.0 Å². The SMILES string of the molecule is CC(C)n1cc(-c2ccc(C#N)cc2C(F)(F)F)cn1. The molecule has 104 valence electrons. The molecule has 0 fully saturated rings. The second kappa shape index (κ2) is 5.00. The zero-order valence-corrected chi connectivity index (χ0v) is 10.9. The highest BCUT2D eigenvalue weighted by atomic mass is 19.4. The first kappa shape index (κ1) is 14.1. The van der Waals surface area contributed by atoms with E-state index in [1.54, 1.807) is 16.9 Å². The third kappa shape index (κ3) is 2.67. The molecule has 1 aromatic heterocycles. The van der Waals surface area contributed by atoms with Crippen LogP contribution in [0.15, 0.2) is 30.6 Å². The van der Waals surface area contributed by atoms with Gasteiger partial charge < -0.3 is 0 Å². The summed E-state index contributed by atoms with van der Waals surface area (Å²) in [5.74, 6) is 0. The third-order valence-electron chi connectivity index (χ3n) is 2.90. The molecule has 0 saturated heterocycles. The zero-order valence-electron chi connectivity index (χ0n) is 10.9. The lowest BCUT2D eigenvalue weighted by atomic mass is 9.99. The Morgan fingerprint density at radius 1 is 1.30 bits per heavy atom. The summed E-state index contributed by atoms with van der Waals surface area (Å²) < 4.78 is 40.8. The van der Waals surface area contributed by atoms with Crippen LogP contribution in [0.2, 0.25) is 0 Å². The lowest BCUT2D eigenvalue weighted by Gasteiger charge is -2.12. The molecule has 0 spiro atoms. The summed E-state index contributed by atoms with van der Waals surface area (Å²) in [5.41, 5.74) is -0.420. The van der Waals surface area contributed by atoms with Crippen LogP contribution in [0.5, 0.6) is 0 Å². The van der Waals surface area contributed by atoms with Gasteiger partial charge in [-0.25, -0.2) is 0 Å². The maximum Gasteiger partial charge on any atom is 0.417 e. The highest BCUT2D eigenvalue weighted by Crippen LogP contribution is 2.37. The van der Waals surface area contributed by atoms with Gasteiger partial charge in [-0.1, -0.05) is 6.07 Å². The Hall–Kier alpha value is -2.29. The summed E-state index contributed by atoms with van der Waals surface area (Å²) in [5, 5.41) is 12.8. The van der Waals surface area contributed by atoms with Crippen LogP contribution in [-0.4, -0.2) is 9.78 Å². The first-order valence-electron chi connectivity index (χ1n) is 5.99. The first-order valence-corrected chi connectivity index (χ1v) is 5.99. The van der Waals surface area contributed by atoms with E-state index in [-0.39, 0.29) is 17.2 Å². The van der Waals surface area contributed by atoms with Gasteiger partial charge >= 0.3 is 6.18 Å². The van der Waals surface area contributed by atoms with Gasteiger partial charge in [0.25, 0.3) is 0 Å². The third-order valence-corrected chi connectivity index (χ3v) is 2.90. The largest absolute Gasteiger partial charge is 0.417 e. The molecule has 6 heteroatoms. The van der Waals surface area contributed by atoms with Gasteiger partial charge in [0.2, 0.25) is 0 Å². The minimum atomic E-state index is -4.51. The lowest BCUT2D eigenvalue weighted by molar-refractivity contribution is -0.137. The highest BCUT2D eigenvalue weighted by molar-refractivity contribution is 5.68. The molecule has 0 unspecified atom stereocenters. The van der Waals surface area contributed by atoms with E-state index in [1.807, 2.05) is 13.8 Å². The molecule has 1 aromatic carbocycles. The summed E-state index contributed by atoms with van der Waals surface area (Å²) in [7, 11) is 0. The summed E-state index contributed by atoms with van der Waals surface area (Å²) in [6, 6.07) is 5.33. The van der Waals surface area contributed by atoms with E-state index in [9.17, 15) is 13.2 Å². The molecule has 0 amide bonds. The fourth-order valence-electron chi connectivity index (χ4n) is 1.86. The van der Waals surface area contributed by atoms with Crippen LogP contribution in [0.4, 0.5) is 13.2 Å². The molecule has 2 rings (SSSR count). The Morgan fingerprint density at radius 3 is 2.50 bits per heavy atom. The number of nitrogens with zero attached hydrogens (tertiary/aromatic N) is 3. The number of halogens is 3. The smallest absolute Gasteiger partial charge is 0.270 e. The zero-order chi connectivity index (χ0) is 14.9. The van der Waals surface area contributed by atoms with Crippen LogP contribution >= 0.6 is 0 Å². The molecule has 0 aliphatic rings. The molecule has 20 heavy (non-hydrogen) atoms. The van der Waals surface area contributed by atoms with Crippen LogP contribution in [0.3, 0.4) is 0 Å². The second-order valence-corrected chi connectivity index (χ2v) is 4.67. The second-order valence-electron chi connectivity index (χ2n) is 4.67. The van der Waals surface area contributed by atoms with Crippen LogP contribution in [0.25, 0.3) is 11.1 Å². The fourth-order valence-corrected chi connectivity index (χ4v) is 1.86. The van der Waals surface area contributed by atoms with Gasteiger partial charge in [-0.2, -0.15) is 23.5 Å². The summed E-state index contributed by atoms with van der Waals surface area (Å²) in [6.45, 7) is 3.78. The van der Waals surface area contributed by atoms with Crippen LogP contribution < -0.4 is 0 Å². The molecule has 3 nitrogen and oxygen atoms in total. The van der Waals surface area contributed by atoms with E-state index in [1.165, 1.54) is 18.3 Å². The Labute approximate surface area is 114 Å². The van der Waals surface area contributed by atoms with Crippen molar-refractivity contribution < 1.29 is 13.2 Å². The Bertz CT molecular complexity index is 663.